The van der Waals surface area contributed by atoms with Crippen LogP contribution in [-0.4, -0.2) is 26.2 Å². The molecule has 0 aliphatic heterocycles. The number of benzene rings is 3. The van der Waals surface area contributed by atoms with E-state index in [-0.39, 0.29) is 5.91 Å². The van der Waals surface area contributed by atoms with Crippen molar-refractivity contribution < 1.29 is 4.79 Å². The van der Waals surface area contributed by atoms with Crippen molar-refractivity contribution in [1.82, 2.24) is 5.43 Å². The molecule has 3 aromatic rings. The average Bonchev–Trinajstić information content (AvgIpc) is 2.73. The summed E-state index contributed by atoms with van der Waals surface area (Å²) in [4.78, 5) is 15.5. The first-order valence-corrected chi connectivity index (χ1v) is 11.4. The summed E-state index contributed by atoms with van der Waals surface area (Å²) in [6.45, 7) is 0. The Labute approximate surface area is 194 Å². The Balaban J connectivity index is 1.53. The van der Waals surface area contributed by atoms with Gasteiger partial charge >= 0.3 is 0 Å². The number of nitrogens with one attached hydrogen (secondary N) is 1. The molecule has 154 valence electrons. The molecule has 0 radical (unpaired) electrons. The van der Waals surface area contributed by atoms with Crippen LogP contribution in [0.15, 0.2) is 81.2 Å². The minimum Gasteiger partial charge on any atom is -0.377 e. The highest BCUT2D eigenvalue weighted by atomic mass is 79.9. The van der Waals surface area contributed by atoms with Gasteiger partial charge in [-0.05, 0) is 75.6 Å². The molecule has 0 fully saturated rings. The molecule has 0 heterocycles. The maximum atomic E-state index is 12.3. The van der Waals surface area contributed by atoms with E-state index in [2.05, 4.69) is 26.5 Å². The number of halogens is 2. The van der Waals surface area contributed by atoms with Crippen LogP contribution in [0, 0.1) is 0 Å². The van der Waals surface area contributed by atoms with E-state index < -0.39 is 0 Å². The summed E-state index contributed by atoms with van der Waals surface area (Å²) in [6.07, 6.45) is 1.62. The lowest BCUT2D eigenvalue weighted by molar-refractivity contribution is 0.0955. The summed E-state index contributed by atoms with van der Waals surface area (Å²) in [6, 6.07) is 21.2. The number of thioether (sulfide) groups is 1. The maximum absolute atomic E-state index is 12.3. The number of carbonyl (C=O) groups excluding carboxylic acids is 1. The Hall–Kier alpha value is -2.28. The zero-order valence-corrected chi connectivity index (χ0v) is 19.8. The zero-order valence-electron chi connectivity index (χ0n) is 16.6. The van der Waals surface area contributed by atoms with E-state index in [1.807, 2.05) is 85.7 Å². The normalized spacial score (nSPS) is 10.9. The molecule has 0 aliphatic rings. The smallest absolute Gasteiger partial charge is 0.271 e. The zero-order chi connectivity index (χ0) is 21.5. The number of amides is 1. The first kappa shape index (κ1) is 22.4. The molecule has 30 heavy (non-hydrogen) atoms. The number of hydrogen-bond acceptors (Lipinski definition) is 4. The van der Waals surface area contributed by atoms with Gasteiger partial charge in [-0.25, -0.2) is 5.43 Å². The van der Waals surface area contributed by atoms with Gasteiger partial charge in [0.1, 0.15) is 0 Å². The molecule has 1 N–H and O–H groups in total. The van der Waals surface area contributed by atoms with Crippen molar-refractivity contribution in [3.63, 3.8) is 0 Å². The second kappa shape index (κ2) is 10.7. The minimum atomic E-state index is -0.243. The predicted molar refractivity (Wildman–Crippen MR) is 131 cm³/mol. The molecule has 0 atom stereocenters. The van der Waals surface area contributed by atoms with Crippen molar-refractivity contribution >= 4 is 57.1 Å². The Morgan fingerprint density at radius 2 is 1.80 bits per heavy atom. The standard InChI is InChI=1S/C23H21BrClN3OS/c1-28(2)22-12-5-17(13-21(22)24)14-26-27-23(29)18-6-3-16(4-7-18)15-30-20-10-8-19(25)9-11-20/h3-14H,15H2,1-2H3,(H,27,29)/b26-14+. The Kier molecular flexibility index (Phi) is 7.96. The van der Waals surface area contributed by atoms with Crippen LogP contribution in [0.5, 0.6) is 0 Å². The van der Waals surface area contributed by atoms with Crippen molar-refractivity contribution in [3.8, 4) is 0 Å². The Morgan fingerprint density at radius 3 is 2.43 bits per heavy atom. The quantitative estimate of drug-likeness (QED) is 0.237. The molecule has 3 rings (SSSR count). The average molecular weight is 503 g/mol. The van der Waals surface area contributed by atoms with Crippen molar-refractivity contribution in [2.75, 3.05) is 19.0 Å². The summed E-state index contributed by atoms with van der Waals surface area (Å²) >= 11 is 11.2. The molecule has 0 bridgehead atoms. The number of rotatable bonds is 7. The fourth-order valence-electron chi connectivity index (χ4n) is 2.65. The molecule has 4 nitrogen and oxygen atoms in total. The monoisotopic (exact) mass is 501 g/mol. The van der Waals surface area contributed by atoms with Gasteiger partial charge < -0.3 is 4.90 Å². The molecule has 0 aliphatic carbocycles. The lowest BCUT2D eigenvalue weighted by atomic mass is 10.1. The summed E-state index contributed by atoms with van der Waals surface area (Å²) in [5, 5.41) is 4.80. The van der Waals surface area contributed by atoms with Crippen molar-refractivity contribution in [2.45, 2.75) is 10.6 Å². The van der Waals surface area contributed by atoms with Crippen LogP contribution in [-0.2, 0) is 5.75 Å². The van der Waals surface area contributed by atoms with Crippen molar-refractivity contribution in [1.29, 1.82) is 0 Å². The van der Waals surface area contributed by atoms with E-state index in [9.17, 15) is 4.79 Å². The van der Waals surface area contributed by atoms with E-state index in [1.54, 1.807) is 18.0 Å². The van der Waals surface area contributed by atoms with Crippen molar-refractivity contribution in [2.24, 2.45) is 5.10 Å². The number of carbonyl (C=O) groups is 1. The fourth-order valence-corrected chi connectivity index (χ4v) is 4.38. The van der Waals surface area contributed by atoms with Gasteiger partial charge in [0.05, 0.1) is 11.9 Å². The molecule has 0 aromatic heterocycles. The highest BCUT2D eigenvalue weighted by Crippen LogP contribution is 2.25. The summed E-state index contributed by atoms with van der Waals surface area (Å²) < 4.78 is 0.967. The van der Waals surface area contributed by atoms with Crippen LogP contribution in [0.4, 0.5) is 5.69 Å². The molecule has 7 heteroatoms. The molecule has 1 amide bonds. The number of nitrogens with zero attached hydrogens (tertiary/aromatic N) is 2. The molecule has 0 saturated carbocycles. The van der Waals surface area contributed by atoms with Crippen LogP contribution >= 0.6 is 39.3 Å². The number of hydrogen-bond donors (Lipinski definition) is 1. The molecule has 0 saturated heterocycles. The van der Waals surface area contributed by atoms with Gasteiger partial charge in [0.2, 0.25) is 0 Å². The summed E-state index contributed by atoms with van der Waals surface area (Å²) in [5.41, 5.74) is 6.25. The molecular weight excluding hydrogens is 482 g/mol. The Bertz CT molecular complexity index is 1040. The second-order valence-corrected chi connectivity index (χ2v) is 9.08. The fraction of sp³-hybridized carbons (Fsp3) is 0.130. The highest BCUT2D eigenvalue weighted by molar-refractivity contribution is 9.10. The highest BCUT2D eigenvalue weighted by Gasteiger charge is 2.05. The third-order valence-corrected chi connectivity index (χ3v) is 6.24. The van der Waals surface area contributed by atoms with Crippen molar-refractivity contribution in [3.05, 3.63) is 92.9 Å². The van der Waals surface area contributed by atoms with Gasteiger partial charge in [-0.2, -0.15) is 5.10 Å². The van der Waals surface area contributed by atoms with E-state index in [4.69, 9.17) is 11.6 Å². The van der Waals surface area contributed by atoms with Crippen LogP contribution in [0.1, 0.15) is 21.5 Å². The van der Waals surface area contributed by atoms with Crippen LogP contribution in [0.3, 0.4) is 0 Å². The lowest BCUT2D eigenvalue weighted by Crippen LogP contribution is -2.17. The molecule has 3 aromatic carbocycles. The number of hydrazone groups is 1. The Morgan fingerprint density at radius 1 is 1.10 bits per heavy atom. The van der Waals surface area contributed by atoms with E-state index in [0.29, 0.717) is 5.56 Å². The van der Waals surface area contributed by atoms with Gasteiger partial charge in [-0.3, -0.25) is 4.79 Å². The summed E-state index contributed by atoms with van der Waals surface area (Å²) in [5.74, 6) is 0.576. The van der Waals surface area contributed by atoms with Gasteiger partial charge in [0.15, 0.2) is 0 Å². The topological polar surface area (TPSA) is 44.7 Å². The van der Waals surface area contributed by atoms with Gasteiger partial charge in [0, 0.05) is 39.8 Å². The van der Waals surface area contributed by atoms with Gasteiger partial charge in [-0.1, -0.05) is 29.8 Å². The third kappa shape index (κ3) is 6.36. The molecule has 0 unspecified atom stereocenters. The van der Waals surface area contributed by atoms with Gasteiger partial charge in [-0.15, -0.1) is 11.8 Å². The lowest BCUT2D eigenvalue weighted by Gasteiger charge is -2.14. The van der Waals surface area contributed by atoms with E-state index in [0.717, 1.165) is 37.0 Å². The first-order valence-electron chi connectivity index (χ1n) is 9.20. The summed E-state index contributed by atoms with van der Waals surface area (Å²) in [7, 11) is 3.96. The predicted octanol–water partition coefficient (Wildman–Crippen LogP) is 6.22. The van der Waals surface area contributed by atoms with Gasteiger partial charge in [0.25, 0.3) is 5.91 Å². The van der Waals surface area contributed by atoms with Crippen LogP contribution in [0.2, 0.25) is 5.02 Å². The second-order valence-electron chi connectivity index (χ2n) is 6.74. The third-order valence-electron chi connectivity index (χ3n) is 4.27. The minimum absolute atomic E-state index is 0.243. The van der Waals surface area contributed by atoms with Crippen LogP contribution < -0.4 is 10.3 Å². The maximum Gasteiger partial charge on any atom is 0.271 e. The van der Waals surface area contributed by atoms with Crippen LogP contribution in [0.25, 0.3) is 0 Å². The molecule has 0 spiro atoms. The van der Waals surface area contributed by atoms with E-state index in [1.165, 1.54) is 0 Å². The van der Waals surface area contributed by atoms with E-state index >= 15 is 0 Å². The number of anilines is 1. The first-order chi connectivity index (χ1) is 14.4. The molecular formula is C23H21BrClN3OS. The largest absolute Gasteiger partial charge is 0.377 e. The SMILES string of the molecule is CN(C)c1ccc(/C=N/NC(=O)c2ccc(CSc3ccc(Cl)cc3)cc2)cc1Br.